The number of hydrogen-bond acceptors (Lipinski definition) is 10. The van der Waals surface area contributed by atoms with E-state index in [0.29, 0.717) is 22.6 Å². The van der Waals surface area contributed by atoms with E-state index in [4.69, 9.17) is 15.5 Å². The van der Waals surface area contributed by atoms with Crippen molar-refractivity contribution in [3.8, 4) is 5.75 Å². The minimum absolute atomic E-state index is 0.131. The number of fused-ring (bicyclic) bond motifs is 1. The average molecular weight is 457 g/mol. The number of alkyl halides is 2. The predicted octanol–water partition coefficient (Wildman–Crippen LogP) is 2.47. The summed E-state index contributed by atoms with van der Waals surface area (Å²) < 4.78 is 34.4. The first kappa shape index (κ1) is 20.9. The molecular weight excluding hydrogens is 438 g/mol. The molecule has 2 aromatic heterocycles. The van der Waals surface area contributed by atoms with Crippen LogP contribution in [-0.2, 0) is 10.3 Å². The Morgan fingerprint density at radius 3 is 2.93 bits per heavy atom. The van der Waals surface area contributed by atoms with Crippen molar-refractivity contribution < 1.29 is 23.0 Å². The SMILES string of the molecule is C[C@H]1C[C@H]2CSC(N)=NC2(c2nc(NC(=O)c3ncc(OC(F)F)cn3)cs2)CO1. The van der Waals surface area contributed by atoms with Gasteiger partial charge in [-0.3, -0.25) is 4.79 Å². The van der Waals surface area contributed by atoms with Crippen LogP contribution >= 0.6 is 23.1 Å². The Hall–Kier alpha value is -2.38. The highest BCUT2D eigenvalue weighted by molar-refractivity contribution is 8.13. The van der Waals surface area contributed by atoms with Crippen LogP contribution < -0.4 is 15.8 Å². The van der Waals surface area contributed by atoms with Crippen LogP contribution in [0.2, 0.25) is 0 Å². The lowest BCUT2D eigenvalue weighted by molar-refractivity contribution is -0.0503. The largest absolute Gasteiger partial charge is 0.432 e. The number of halogens is 2. The molecule has 160 valence electrons. The second-order valence-corrected chi connectivity index (χ2v) is 8.75. The highest BCUT2D eigenvalue weighted by Crippen LogP contribution is 2.47. The van der Waals surface area contributed by atoms with Gasteiger partial charge in [0.15, 0.2) is 10.9 Å². The van der Waals surface area contributed by atoms with E-state index in [1.807, 2.05) is 6.92 Å². The van der Waals surface area contributed by atoms with Crippen molar-refractivity contribution >= 4 is 40.0 Å². The van der Waals surface area contributed by atoms with E-state index in [1.165, 1.54) is 23.1 Å². The lowest BCUT2D eigenvalue weighted by Gasteiger charge is -2.44. The van der Waals surface area contributed by atoms with Crippen LogP contribution in [0, 0.1) is 5.92 Å². The van der Waals surface area contributed by atoms with Gasteiger partial charge in [0.05, 0.1) is 25.1 Å². The number of anilines is 1. The summed E-state index contributed by atoms with van der Waals surface area (Å²) in [6.07, 6.45) is 2.97. The monoisotopic (exact) mass is 456 g/mol. The number of rotatable bonds is 5. The maximum absolute atomic E-state index is 12.4. The Balaban J connectivity index is 1.51. The van der Waals surface area contributed by atoms with Crippen LogP contribution in [0.4, 0.5) is 14.6 Å². The molecule has 0 spiro atoms. The van der Waals surface area contributed by atoms with Gasteiger partial charge in [0, 0.05) is 17.1 Å². The van der Waals surface area contributed by atoms with Crippen LogP contribution in [0.5, 0.6) is 5.75 Å². The first-order valence-electron chi connectivity index (χ1n) is 8.99. The van der Waals surface area contributed by atoms with E-state index in [-0.39, 0.29) is 23.6 Å². The van der Waals surface area contributed by atoms with Crippen molar-refractivity contribution in [3.63, 3.8) is 0 Å². The van der Waals surface area contributed by atoms with E-state index in [9.17, 15) is 13.6 Å². The third kappa shape index (κ3) is 4.23. The van der Waals surface area contributed by atoms with Gasteiger partial charge in [0.25, 0.3) is 5.91 Å². The number of thiazole rings is 1. The van der Waals surface area contributed by atoms with E-state index >= 15 is 0 Å². The van der Waals surface area contributed by atoms with Crippen molar-refractivity contribution in [3.05, 3.63) is 28.6 Å². The van der Waals surface area contributed by atoms with E-state index < -0.39 is 18.1 Å². The molecule has 2 aliphatic heterocycles. The van der Waals surface area contributed by atoms with E-state index in [2.05, 4.69) is 25.0 Å². The number of nitrogens with two attached hydrogens (primary N) is 1. The molecule has 0 bridgehead atoms. The minimum atomic E-state index is -2.99. The topological polar surface area (TPSA) is 125 Å². The second-order valence-electron chi connectivity index (χ2n) is 6.85. The summed E-state index contributed by atoms with van der Waals surface area (Å²) in [4.78, 5) is 29.1. The summed E-state index contributed by atoms with van der Waals surface area (Å²) in [6, 6.07) is 0. The standard InChI is InChI=1S/C17H18F2N6O3S2/c1-8-2-9-5-30-16(20)25-17(9,7-27-8)14-24-11(6-29-14)23-13(26)12-21-3-10(4-22-12)28-15(18)19/h3-4,6,8-9,15H,2,5,7H2,1H3,(H2,20,25)(H,23,26)/t8-,9-,17?/m0/s1. The van der Waals surface area contributed by atoms with Gasteiger partial charge in [0.2, 0.25) is 5.82 Å². The van der Waals surface area contributed by atoms with Gasteiger partial charge in [-0.05, 0) is 13.3 Å². The average Bonchev–Trinajstić information content (AvgIpc) is 3.17. The number of ether oxygens (including phenoxy) is 2. The molecule has 0 aliphatic carbocycles. The Kier molecular flexibility index (Phi) is 5.84. The zero-order valence-electron chi connectivity index (χ0n) is 15.7. The molecule has 9 nitrogen and oxygen atoms in total. The lowest BCUT2D eigenvalue weighted by atomic mass is 9.80. The number of aliphatic imine (C=N–C) groups is 1. The third-order valence-electron chi connectivity index (χ3n) is 4.79. The molecule has 1 amide bonds. The number of carbonyl (C=O) groups is 1. The zero-order chi connectivity index (χ0) is 21.3. The smallest absolute Gasteiger partial charge is 0.387 e. The van der Waals surface area contributed by atoms with Gasteiger partial charge >= 0.3 is 6.61 Å². The minimum Gasteiger partial charge on any atom is -0.432 e. The molecule has 1 fully saturated rings. The summed E-state index contributed by atoms with van der Waals surface area (Å²) in [6.45, 7) is -0.594. The van der Waals surface area contributed by atoms with Crippen LogP contribution in [0.1, 0.15) is 29.0 Å². The molecule has 0 radical (unpaired) electrons. The number of hydrogen-bond donors (Lipinski definition) is 2. The molecule has 3 atom stereocenters. The van der Waals surface area contributed by atoms with Crippen molar-refractivity contribution in [1.82, 2.24) is 15.0 Å². The maximum Gasteiger partial charge on any atom is 0.387 e. The van der Waals surface area contributed by atoms with Gasteiger partial charge in [-0.25, -0.2) is 19.9 Å². The normalized spacial score (nSPS) is 26.1. The fraction of sp³-hybridized carbons (Fsp3) is 0.471. The molecular formula is C17H18F2N6O3S2. The van der Waals surface area contributed by atoms with Crippen LogP contribution in [-0.4, -0.2) is 51.1 Å². The fourth-order valence-electron chi connectivity index (χ4n) is 3.38. The molecule has 1 unspecified atom stereocenters. The molecule has 2 aliphatic rings. The van der Waals surface area contributed by atoms with Gasteiger partial charge in [0.1, 0.15) is 16.4 Å². The van der Waals surface area contributed by atoms with Crippen LogP contribution in [0.3, 0.4) is 0 Å². The van der Waals surface area contributed by atoms with E-state index in [0.717, 1.165) is 24.6 Å². The zero-order valence-corrected chi connectivity index (χ0v) is 17.4. The van der Waals surface area contributed by atoms with Crippen molar-refractivity contribution in [1.29, 1.82) is 0 Å². The summed E-state index contributed by atoms with van der Waals surface area (Å²) in [5.41, 5.74) is 5.33. The van der Waals surface area contributed by atoms with Crippen molar-refractivity contribution in [2.45, 2.75) is 31.6 Å². The fourth-order valence-corrected chi connectivity index (χ4v) is 5.35. The van der Waals surface area contributed by atoms with Gasteiger partial charge in [-0.1, -0.05) is 11.8 Å². The summed E-state index contributed by atoms with van der Waals surface area (Å²) in [5, 5.41) is 5.50. The van der Waals surface area contributed by atoms with Gasteiger partial charge in [-0.2, -0.15) is 8.78 Å². The lowest BCUT2D eigenvalue weighted by Crippen LogP contribution is -2.49. The molecule has 3 N–H and O–H groups in total. The third-order valence-corrected chi connectivity index (χ3v) is 6.76. The Morgan fingerprint density at radius 2 is 2.20 bits per heavy atom. The molecule has 4 rings (SSSR count). The number of amides is 1. The van der Waals surface area contributed by atoms with Crippen LogP contribution in [0.25, 0.3) is 0 Å². The highest BCUT2D eigenvalue weighted by Gasteiger charge is 2.49. The molecule has 0 saturated carbocycles. The number of thioether (sulfide) groups is 1. The molecule has 13 heteroatoms. The molecule has 30 heavy (non-hydrogen) atoms. The quantitative estimate of drug-likeness (QED) is 0.703. The summed E-state index contributed by atoms with van der Waals surface area (Å²) in [5.74, 6) is 0.299. The first-order chi connectivity index (χ1) is 14.4. The number of nitrogens with one attached hydrogen (secondary N) is 1. The molecule has 4 heterocycles. The van der Waals surface area contributed by atoms with Crippen LogP contribution in [0.15, 0.2) is 22.8 Å². The second kappa shape index (κ2) is 8.40. The molecule has 1 saturated heterocycles. The Labute approximate surface area is 178 Å². The highest BCUT2D eigenvalue weighted by atomic mass is 32.2. The van der Waals surface area contributed by atoms with Gasteiger partial charge < -0.3 is 20.5 Å². The maximum atomic E-state index is 12.4. The molecule has 2 aromatic rings. The number of carbonyl (C=O) groups excluding carboxylic acids is 1. The van der Waals surface area contributed by atoms with E-state index in [1.54, 1.807) is 5.38 Å². The summed E-state index contributed by atoms with van der Waals surface area (Å²) in [7, 11) is 0. The Bertz CT molecular complexity index is 957. The first-order valence-corrected chi connectivity index (χ1v) is 10.9. The predicted molar refractivity (Wildman–Crippen MR) is 108 cm³/mol. The summed E-state index contributed by atoms with van der Waals surface area (Å²) >= 11 is 2.88. The number of nitrogens with zero attached hydrogens (tertiary/aromatic N) is 4. The number of aromatic nitrogens is 3. The van der Waals surface area contributed by atoms with Crippen molar-refractivity contribution in [2.24, 2.45) is 16.6 Å². The molecule has 0 aromatic carbocycles. The Morgan fingerprint density at radius 1 is 1.43 bits per heavy atom. The van der Waals surface area contributed by atoms with Crippen molar-refractivity contribution in [2.75, 3.05) is 17.7 Å². The number of amidine groups is 1. The van der Waals surface area contributed by atoms with Gasteiger partial charge in [-0.15, -0.1) is 11.3 Å².